The first-order valence-electron chi connectivity index (χ1n) is 8.22. The van der Waals surface area contributed by atoms with Crippen molar-refractivity contribution in [3.8, 4) is 0 Å². The summed E-state index contributed by atoms with van der Waals surface area (Å²) in [6.07, 6.45) is 9.46. The molecule has 1 aromatic rings. The van der Waals surface area contributed by atoms with Crippen LogP contribution in [0.2, 0.25) is 0 Å². The molecule has 2 atom stereocenters. The predicted octanol–water partition coefficient (Wildman–Crippen LogP) is 4.34. The molecule has 1 heterocycles. The van der Waals surface area contributed by atoms with Gasteiger partial charge in [0.05, 0.1) is 12.2 Å². The fraction of sp³-hybridized carbons (Fsp3) is 0.667. The minimum atomic E-state index is -0.333. The van der Waals surface area contributed by atoms with E-state index in [1.165, 1.54) is 37.7 Å². The minimum absolute atomic E-state index is 0.333. The van der Waals surface area contributed by atoms with Crippen molar-refractivity contribution in [1.29, 1.82) is 0 Å². The number of rotatable bonds is 5. The summed E-state index contributed by atoms with van der Waals surface area (Å²) in [5.41, 5.74) is 2.51. The summed E-state index contributed by atoms with van der Waals surface area (Å²) in [6.45, 7) is 0.901. The van der Waals surface area contributed by atoms with Crippen molar-refractivity contribution >= 4 is 0 Å². The summed E-state index contributed by atoms with van der Waals surface area (Å²) in [5, 5.41) is 10.4. The summed E-state index contributed by atoms with van der Waals surface area (Å²) in [4.78, 5) is 0. The zero-order valence-corrected chi connectivity index (χ0v) is 12.3. The van der Waals surface area contributed by atoms with E-state index in [0.717, 1.165) is 37.4 Å². The summed E-state index contributed by atoms with van der Waals surface area (Å²) >= 11 is 0. The van der Waals surface area contributed by atoms with Gasteiger partial charge in [0.15, 0.2) is 0 Å². The van der Waals surface area contributed by atoms with Gasteiger partial charge in [-0.25, -0.2) is 0 Å². The second kappa shape index (κ2) is 6.73. The summed E-state index contributed by atoms with van der Waals surface area (Å²) < 4.78 is 5.74. The van der Waals surface area contributed by atoms with Crippen molar-refractivity contribution in [2.75, 3.05) is 6.61 Å². The quantitative estimate of drug-likeness (QED) is 0.865. The molecule has 1 aliphatic heterocycles. The second-order valence-corrected chi connectivity index (χ2v) is 6.38. The molecule has 0 radical (unpaired) electrons. The normalized spacial score (nSPS) is 25.1. The number of aliphatic hydroxyl groups excluding tert-OH is 1. The molecule has 0 aromatic heterocycles. The maximum Gasteiger partial charge on any atom is 0.0791 e. The standard InChI is InChI=1S/C18H26O2/c19-18(11-10-17-9-1-2-12-20-17)16-8-4-7-15(13-16)14-5-3-6-14/h4,7-8,13-14,17-19H,1-3,5-6,9-12H2. The van der Waals surface area contributed by atoms with Crippen LogP contribution in [0.4, 0.5) is 0 Å². The van der Waals surface area contributed by atoms with E-state index in [4.69, 9.17) is 4.74 Å². The van der Waals surface area contributed by atoms with Gasteiger partial charge in [0.2, 0.25) is 0 Å². The van der Waals surface area contributed by atoms with Crippen LogP contribution < -0.4 is 0 Å². The first-order valence-corrected chi connectivity index (χ1v) is 8.22. The van der Waals surface area contributed by atoms with Gasteiger partial charge >= 0.3 is 0 Å². The van der Waals surface area contributed by atoms with E-state index in [2.05, 4.69) is 24.3 Å². The van der Waals surface area contributed by atoms with Crippen LogP contribution >= 0.6 is 0 Å². The van der Waals surface area contributed by atoms with Crippen LogP contribution in [0.5, 0.6) is 0 Å². The van der Waals surface area contributed by atoms with Crippen molar-refractivity contribution in [2.24, 2.45) is 0 Å². The van der Waals surface area contributed by atoms with E-state index in [0.29, 0.717) is 6.10 Å². The van der Waals surface area contributed by atoms with Gasteiger partial charge < -0.3 is 9.84 Å². The largest absolute Gasteiger partial charge is 0.388 e. The molecule has 2 fully saturated rings. The van der Waals surface area contributed by atoms with Gasteiger partial charge in [-0.2, -0.15) is 0 Å². The Labute approximate surface area is 122 Å². The molecule has 1 aromatic carbocycles. The maximum atomic E-state index is 10.4. The lowest BCUT2D eigenvalue weighted by Gasteiger charge is -2.27. The number of hydrogen-bond donors (Lipinski definition) is 1. The van der Waals surface area contributed by atoms with Crippen LogP contribution in [0, 0.1) is 0 Å². The molecule has 2 aliphatic rings. The van der Waals surface area contributed by atoms with Crippen LogP contribution in [-0.2, 0) is 4.74 Å². The van der Waals surface area contributed by atoms with Crippen molar-refractivity contribution < 1.29 is 9.84 Å². The highest BCUT2D eigenvalue weighted by Crippen LogP contribution is 2.37. The van der Waals surface area contributed by atoms with E-state index in [1.807, 2.05) is 0 Å². The maximum absolute atomic E-state index is 10.4. The highest BCUT2D eigenvalue weighted by Gasteiger charge is 2.21. The lowest BCUT2D eigenvalue weighted by atomic mass is 9.79. The predicted molar refractivity (Wildman–Crippen MR) is 80.8 cm³/mol. The number of aliphatic hydroxyl groups is 1. The molecule has 20 heavy (non-hydrogen) atoms. The lowest BCUT2D eigenvalue weighted by Crippen LogP contribution is -2.19. The Morgan fingerprint density at radius 3 is 2.75 bits per heavy atom. The fourth-order valence-corrected chi connectivity index (χ4v) is 3.31. The van der Waals surface area contributed by atoms with E-state index < -0.39 is 0 Å². The molecule has 2 heteroatoms. The Morgan fingerprint density at radius 1 is 1.15 bits per heavy atom. The van der Waals surface area contributed by atoms with Crippen LogP contribution in [-0.4, -0.2) is 17.8 Å². The van der Waals surface area contributed by atoms with Gasteiger partial charge in [-0.3, -0.25) is 0 Å². The van der Waals surface area contributed by atoms with E-state index in [-0.39, 0.29) is 6.10 Å². The first kappa shape index (κ1) is 14.1. The van der Waals surface area contributed by atoms with Crippen LogP contribution in [0.25, 0.3) is 0 Å². The SMILES string of the molecule is OC(CCC1CCCCO1)c1cccc(C2CCC2)c1. The molecular formula is C18H26O2. The zero-order chi connectivity index (χ0) is 13.8. The first-order chi connectivity index (χ1) is 9.83. The van der Waals surface area contributed by atoms with E-state index >= 15 is 0 Å². The molecule has 1 saturated carbocycles. The van der Waals surface area contributed by atoms with Crippen molar-refractivity contribution in [3.63, 3.8) is 0 Å². The van der Waals surface area contributed by atoms with Gasteiger partial charge in [0.25, 0.3) is 0 Å². The highest BCUT2D eigenvalue weighted by molar-refractivity contribution is 5.29. The Bertz CT molecular complexity index is 419. The van der Waals surface area contributed by atoms with Crippen LogP contribution in [0.15, 0.2) is 24.3 Å². The molecule has 110 valence electrons. The third-order valence-electron chi connectivity index (χ3n) is 4.91. The van der Waals surface area contributed by atoms with E-state index in [1.54, 1.807) is 0 Å². The second-order valence-electron chi connectivity index (χ2n) is 6.38. The van der Waals surface area contributed by atoms with Gasteiger partial charge in [-0.15, -0.1) is 0 Å². The number of hydrogen-bond acceptors (Lipinski definition) is 2. The number of ether oxygens (including phenoxy) is 1. The molecule has 0 spiro atoms. The molecule has 0 amide bonds. The Balaban J connectivity index is 1.54. The topological polar surface area (TPSA) is 29.5 Å². The van der Waals surface area contributed by atoms with Gasteiger partial charge in [-0.05, 0) is 62.0 Å². The molecule has 2 unspecified atom stereocenters. The third kappa shape index (κ3) is 3.42. The van der Waals surface area contributed by atoms with Gasteiger partial charge in [-0.1, -0.05) is 30.7 Å². The Kier molecular flexibility index (Phi) is 4.74. The Morgan fingerprint density at radius 2 is 2.05 bits per heavy atom. The fourth-order valence-electron chi connectivity index (χ4n) is 3.31. The minimum Gasteiger partial charge on any atom is -0.388 e. The van der Waals surface area contributed by atoms with Crippen LogP contribution in [0.1, 0.15) is 74.5 Å². The Hall–Kier alpha value is -0.860. The molecule has 0 bridgehead atoms. The molecule has 1 N–H and O–H groups in total. The van der Waals surface area contributed by atoms with Crippen molar-refractivity contribution in [3.05, 3.63) is 35.4 Å². The monoisotopic (exact) mass is 274 g/mol. The molecule has 3 rings (SSSR count). The molecule has 2 nitrogen and oxygen atoms in total. The number of benzene rings is 1. The van der Waals surface area contributed by atoms with Crippen LogP contribution in [0.3, 0.4) is 0 Å². The smallest absolute Gasteiger partial charge is 0.0791 e. The average molecular weight is 274 g/mol. The molecular weight excluding hydrogens is 248 g/mol. The summed E-state index contributed by atoms with van der Waals surface area (Å²) in [7, 11) is 0. The van der Waals surface area contributed by atoms with E-state index in [9.17, 15) is 5.11 Å². The van der Waals surface area contributed by atoms with Crippen molar-refractivity contribution in [1.82, 2.24) is 0 Å². The van der Waals surface area contributed by atoms with Gasteiger partial charge in [0.1, 0.15) is 0 Å². The third-order valence-corrected chi connectivity index (χ3v) is 4.91. The average Bonchev–Trinajstić information content (AvgIpc) is 2.44. The molecule has 1 aliphatic carbocycles. The highest BCUT2D eigenvalue weighted by atomic mass is 16.5. The van der Waals surface area contributed by atoms with Crippen molar-refractivity contribution in [2.45, 2.75) is 69.5 Å². The van der Waals surface area contributed by atoms with Gasteiger partial charge in [0, 0.05) is 6.61 Å². The zero-order valence-electron chi connectivity index (χ0n) is 12.3. The molecule has 1 saturated heterocycles. The summed E-state index contributed by atoms with van der Waals surface area (Å²) in [5.74, 6) is 0.740. The lowest BCUT2D eigenvalue weighted by molar-refractivity contribution is 0.00212. The summed E-state index contributed by atoms with van der Waals surface area (Å²) in [6, 6.07) is 8.60.